The molecule has 0 aliphatic rings. The summed E-state index contributed by atoms with van der Waals surface area (Å²) in [6.45, 7) is 0. The van der Waals surface area contributed by atoms with Crippen LogP contribution < -0.4 is 14.7 Å². The van der Waals surface area contributed by atoms with Crippen molar-refractivity contribution in [2.45, 2.75) is 0 Å². The van der Waals surface area contributed by atoms with E-state index in [2.05, 4.69) is 502 Å². The van der Waals surface area contributed by atoms with Gasteiger partial charge in [-0.25, -0.2) is 0 Å². The second-order valence-corrected chi connectivity index (χ2v) is 36.0. The van der Waals surface area contributed by atoms with Gasteiger partial charge in [-0.2, -0.15) is 0 Å². The van der Waals surface area contributed by atoms with Gasteiger partial charge in [0.25, 0.3) is 0 Å². The zero-order chi connectivity index (χ0) is 85.4. The molecule has 0 amide bonds. The van der Waals surface area contributed by atoms with E-state index in [1.165, 1.54) is 122 Å². The van der Waals surface area contributed by atoms with Gasteiger partial charge in [0, 0.05) is 142 Å². The van der Waals surface area contributed by atoms with Crippen molar-refractivity contribution in [3.63, 3.8) is 0 Å². The minimum atomic E-state index is 1.07. The molecule has 0 radical (unpaired) electrons. The largest absolute Gasteiger partial charge is 0.311 e. The lowest BCUT2D eigenvalue weighted by molar-refractivity contribution is 1.19. The van der Waals surface area contributed by atoms with Crippen LogP contribution in [0.15, 0.2) is 473 Å². The Morgan fingerprint density at radius 2 is 0.577 bits per heavy atom. The quantitative estimate of drug-likeness (QED) is 0.0964. The highest BCUT2D eigenvalue weighted by Crippen LogP contribution is 2.52. The molecule has 26 aromatic rings. The van der Waals surface area contributed by atoms with E-state index in [0.29, 0.717) is 0 Å². The van der Waals surface area contributed by atoms with Gasteiger partial charge in [-0.1, -0.05) is 285 Å². The number of para-hydroxylation sites is 7. The van der Waals surface area contributed by atoms with Crippen LogP contribution in [0.2, 0.25) is 0 Å². The van der Waals surface area contributed by atoms with Crippen molar-refractivity contribution in [1.29, 1.82) is 0 Å². The third-order valence-corrected chi connectivity index (χ3v) is 28.8. The van der Waals surface area contributed by atoms with Crippen molar-refractivity contribution >= 4 is 201 Å². The number of fused-ring (bicyclic) bond motifs is 21. The average Bonchev–Trinajstić information content (AvgIpc) is 1.52. The Morgan fingerprint density at radius 3 is 1.20 bits per heavy atom. The van der Waals surface area contributed by atoms with E-state index in [1.54, 1.807) is 0 Å². The molecule has 0 aliphatic carbocycles. The molecule has 0 atom stereocenters. The maximum absolute atomic E-state index is 2.52. The van der Waals surface area contributed by atoms with Gasteiger partial charge in [-0.3, -0.25) is 0 Å². The van der Waals surface area contributed by atoms with Crippen molar-refractivity contribution in [1.82, 2.24) is 13.7 Å². The monoisotopic (exact) mass is 1690 g/mol. The molecule has 0 saturated heterocycles. The third kappa shape index (κ3) is 12.3. The van der Waals surface area contributed by atoms with Gasteiger partial charge in [0.05, 0.1) is 37.8 Å². The zero-order valence-electron chi connectivity index (χ0n) is 70.5. The first-order valence-corrected chi connectivity index (χ1v) is 46.1. The van der Waals surface area contributed by atoms with E-state index in [1.807, 2.05) is 22.7 Å². The predicted molar refractivity (Wildman–Crippen MR) is 556 cm³/mol. The van der Waals surface area contributed by atoms with Gasteiger partial charge in [-0.05, 0) is 249 Å². The van der Waals surface area contributed by atoms with E-state index in [-0.39, 0.29) is 0 Å². The van der Waals surface area contributed by atoms with Crippen LogP contribution in [0.1, 0.15) is 0 Å². The zero-order valence-corrected chi connectivity index (χ0v) is 72.2. The minimum Gasteiger partial charge on any atom is -0.311 e. The fraction of sp³-hybridized carbons (Fsp3) is 0. The third-order valence-electron chi connectivity index (χ3n) is 26.5. The van der Waals surface area contributed by atoms with Gasteiger partial charge < -0.3 is 28.4 Å². The Labute approximate surface area is 758 Å². The summed E-state index contributed by atoms with van der Waals surface area (Å²) in [5, 5.41) is 17.4. The van der Waals surface area contributed by atoms with E-state index in [4.69, 9.17) is 0 Å². The van der Waals surface area contributed by atoms with Crippen molar-refractivity contribution in [3.8, 4) is 61.6 Å². The molecule has 0 saturated carbocycles. The fourth-order valence-corrected chi connectivity index (χ4v) is 23.1. The average molecular weight is 1690 g/mol. The van der Waals surface area contributed by atoms with Crippen molar-refractivity contribution in [2.75, 3.05) is 14.7 Å². The molecule has 0 N–H and O–H groups in total. The Kier molecular flexibility index (Phi) is 17.6. The molecule has 0 spiro atoms. The summed E-state index contributed by atoms with van der Waals surface area (Å²) in [6, 6.07) is 175. The van der Waals surface area contributed by atoms with Crippen LogP contribution in [0.5, 0.6) is 0 Å². The molecule has 8 heteroatoms. The van der Waals surface area contributed by atoms with Gasteiger partial charge >= 0.3 is 0 Å². The molecule has 6 nitrogen and oxygen atoms in total. The molecule has 0 unspecified atom stereocenters. The SMILES string of the molecule is c1ccc(N(c2ccccc2)c2ccc(-c3ccc(-n4c5ccccc5c5c6ccc(-c7cccc(N(c8ccccc8)c8ccc9c(c8)sc8ccc(-n%10c%11ccccc%11c%11c(-c%12cccc(N(c%13ccccc%13)c%13ccc(-c%14ccc(-n%15c%16ccccc%16c%16ccc%17ccccc%17c%16%15)cc%14)cc%13)c%12)cccc%11%10)cc89)c7)cc6c6c7ccccc7sc6c54)cc3)cc2)cc1. The Balaban J connectivity index is 0.519. The molecule has 0 bridgehead atoms. The summed E-state index contributed by atoms with van der Waals surface area (Å²) in [7, 11) is 0. The molecule has 21 aromatic carbocycles. The molecule has 130 heavy (non-hydrogen) atoms. The van der Waals surface area contributed by atoms with Gasteiger partial charge in [0.2, 0.25) is 0 Å². The Hall–Kier alpha value is -16.6. The highest BCUT2D eigenvalue weighted by Gasteiger charge is 2.27. The van der Waals surface area contributed by atoms with Gasteiger partial charge in [-0.15, -0.1) is 22.7 Å². The molecule has 5 heterocycles. The van der Waals surface area contributed by atoms with Crippen LogP contribution >= 0.6 is 22.7 Å². The maximum atomic E-state index is 2.52. The highest BCUT2D eigenvalue weighted by atomic mass is 32.1. The summed E-state index contributed by atoms with van der Waals surface area (Å²) in [6.07, 6.45) is 0. The lowest BCUT2D eigenvalue weighted by atomic mass is 9.94. The molecule has 0 fully saturated rings. The minimum absolute atomic E-state index is 1.07. The second-order valence-electron chi connectivity index (χ2n) is 33.8. The lowest BCUT2D eigenvalue weighted by Crippen LogP contribution is -2.09. The number of thiophene rings is 2. The number of anilines is 9. The number of aromatic nitrogens is 3. The fourth-order valence-electron chi connectivity index (χ4n) is 20.7. The second kappa shape index (κ2) is 30.6. The highest BCUT2D eigenvalue weighted by molar-refractivity contribution is 7.27. The van der Waals surface area contributed by atoms with Crippen LogP contribution in [-0.4, -0.2) is 13.7 Å². The first kappa shape index (κ1) is 74.8. The molecular weight excluding hydrogens is 1610 g/mol. The van der Waals surface area contributed by atoms with Crippen LogP contribution in [0.3, 0.4) is 0 Å². The van der Waals surface area contributed by atoms with Crippen molar-refractivity contribution in [2.24, 2.45) is 0 Å². The van der Waals surface area contributed by atoms with E-state index in [0.717, 1.165) is 118 Å². The predicted octanol–water partition coefficient (Wildman–Crippen LogP) is 35.1. The number of rotatable bonds is 16. The molecule has 0 aliphatic heterocycles. The Bertz CT molecular complexity index is 8920. The maximum Gasteiger partial charge on any atom is 0.0726 e. The first-order valence-electron chi connectivity index (χ1n) is 44.4. The summed E-state index contributed by atoms with van der Waals surface area (Å²) < 4.78 is 12.5. The van der Waals surface area contributed by atoms with E-state index in [9.17, 15) is 0 Å². The number of nitrogens with zero attached hydrogens (tertiary/aromatic N) is 6. The van der Waals surface area contributed by atoms with Crippen LogP contribution in [0, 0.1) is 0 Å². The smallest absolute Gasteiger partial charge is 0.0726 e. The normalized spacial score (nSPS) is 11.8. The van der Waals surface area contributed by atoms with Gasteiger partial charge in [0.15, 0.2) is 0 Å². The van der Waals surface area contributed by atoms with Crippen LogP contribution in [0.25, 0.3) is 189 Å². The van der Waals surface area contributed by atoms with Gasteiger partial charge in [0.1, 0.15) is 0 Å². The molecule has 5 aromatic heterocycles. The molecule has 608 valence electrons. The molecule has 26 rings (SSSR count). The number of hydrogen-bond acceptors (Lipinski definition) is 5. The number of hydrogen-bond donors (Lipinski definition) is 0. The topological polar surface area (TPSA) is 24.5 Å². The summed E-state index contributed by atoms with van der Waals surface area (Å²) in [4.78, 5) is 7.12. The van der Waals surface area contributed by atoms with Crippen molar-refractivity contribution in [3.05, 3.63) is 473 Å². The van der Waals surface area contributed by atoms with E-state index < -0.39 is 0 Å². The number of benzene rings is 21. The molecular formula is C122H78N6S2. The lowest BCUT2D eigenvalue weighted by Gasteiger charge is -2.26. The van der Waals surface area contributed by atoms with Crippen LogP contribution in [0.4, 0.5) is 51.2 Å². The summed E-state index contributed by atoms with van der Waals surface area (Å²) in [5.74, 6) is 0. The standard InChI is InChI=1S/C122H78N6S2/c1-5-29-87(30-6-1)123(88-31-7-2-8-32-88)91-60-50-79(51-61-91)82-56-66-94(67-57-82)128-112-47-21-17-42-106(112)118-103-70-59-85(76-109(103)119-107-43-18-22-49-114(107)130-122(119)121(118)128)84-27-23-37-95(74-84)125(90-35-11-4-12-36-90)98-68-72-102-108-77-97(69-73-115(108)129-116(102)78-98)126-111-46-20-16-41-105(111)117-99(44-25-48-113(117)126)86-28-24-38-96(75-86)124(89-33-9-3-10-34-89)92-62-52-80(53-63-92)81-54-64-93(65-55-81)127-110-45-19-15-40-101(110)104-71-58-83-26-13-14-39-100(83)120(104)127/h1-78H. The summed E-state index contributed by atoms with van der Waals surface area (Å²) in [5.41, 5.74) is 29.7. The summed E-state index contributed by atoms with van der Waals surface area (Å²) >= 11 is 3.76. The first-order chi connectivity index (χ1) is 64.5. The van der Waals surface area contributed by atoms with E-state index >= 15 is 0 Å². The van der Waals surface area contributed by atoms with Crippen LogP contribution in [-0.2, 0) is 0 Å². The Morgan fingerprint density at radius 1 is 0.169 bits per heavy atom. The van der Waals surface area contributed by atoms with Crippen molar-refractivity contribution < 1.29 is 0 Å².